The normalized spacial score (nSPS) is 18.0. The van der Waals surface area contributed by atoms with E-state index in [2.05, 4.69) is 0 Å². The summed E-state index contributed by atoms with van der Waals surface area (Å²) in [6.45, 7) is 0.111. The van der Waals surface area contributed by atoms with Gasteiger partial charge in [-0.3, -0.25) is 14.7 Å². The predicted octanol–water partition coefficient (Wildman–Crippen LogP) is 2.20. The standard InChI is InChI=1S/C14H16N2O5/c17-13-15(9-14(18)6-2-1-3-7-14)11-8-10(16(19)20)4-5-12(11)21-13/h4-5,8,18H,1-3,6-7,9H2. The highest BCUT2D eigenvalue weighted by atomic mass is 16.6. The number of oxazole rings is 1. The van der Waals surface area contributed by atoms with E-state index in [-0.39, 0.29) is 12.2 Å². The van der Waals surface area contributed by atoms with E-state index in [0.29, 0.717) is 23.9 Å². The molecular weight excluding hydrogens is 276 g/mol. The third kappa shape index (κ3) is 2.56. The van der Waals surface area contributed by atoms with Gasteiger partial charge in [0.15, 0.2) is 5.58 Å². The molecule has 112 valence electrons. The van der Waals surface area contributed by atoms with Crippen molar-refractivity contribution in [2.75, 3.05) is 0 Å². The lowest BCUT2D eigenvalue weighted by Crippen LogP contribution is -2.38. The number of benzene rings is 1. The average Bonchev–Trinajstić information content (AvgIpc) is 2.75. The summed E-state index contributed by atoms with van der Waals surface area (Å²) in [4.78, 5) is 22.3. The van der Waals surface area contributed by atoms with Crippen LogP contribution < -0.4 is 5.76 Å². The monoisotopic (exact) mass is 292 g/mol. The number of nitrogens with zero attached hydrogens (tertiary/aromatic N) is 2. The zero-order valence-electron chi connectivity index (χ0n) is 11.4. The number of nitro benzene ring substituents is 1. The van der Waals surface area contributed by atoms with Crippen LogP contribution in [0.5, 0.6) is 0 Å². The molecule has 0 bridgehead atoms. The number of hydrogen-bond acceptors (Lipinski definition) is 5. The second kappa shape index (κ2) is 5.00. The van der Waals surface area contributed by atoms with Gasteiger partial charge in [0, 0.05) is 12.1 Å². The van der Waals surface area contributed by atoms with Crippen LogP contribution in [0.1, 0.15) is 32.1 Å². The molecule has 0 spiro atoms. The van der Waals surface area contributed by atoms with Crippen LogP contribution in [0.4, 0.5) is 5.69 Å². The number of hydrogen-bond donors (Lipinski definition) is 1. The van der Waals surface area contributed by atoms with Crippen LogP contribution in [0.2, 0.25) is 0 Å². The highest BCUT2D eigenvalue weighted by Gasteiger charge is 2.31. The smallest absolute Gasteiger partial charge is 0.408 e. The molecule has 0 radical (unpaired) electrons. The first-order valence-electron chi connectivity index (χ1n) is 6.99. The lowest BCUT2D eigenvalue weighted by molar-refractivity contribution is -0.384. The van der Waals surface area contributed by atoms with Gasteiger partial charge in [-0.15, -0.1) is 0 Å². The molecule has 1 aromatic heterocycles. The molecule has 0 unspecified atom stereocenters. The van der Waals surface area contributed by atoms with E-state index >= 15 is 0 Å². The van der Waals surface area contributed by atoms with Crippen LogP contribution >= 0.6 is 0 Å². The summed E-state index contributed by atoms with van der Waals surface area (Å²) in [7, 11) is 0. The molecule has 0 amide bonds. The minimum atomic E-state index is -0.941. The van der Waals surface area contributed by atoms with Crippen LogP contribution in [-0.2, 0) is 6.54 Å². The summed E-state index contributed by atoms with van der Waals surface area (Å²) in [5.41, 5.74) is -0.394. The highest BCUT2D eigenvalue weighted by Crippen LogP contribution is 2.30. The Kier molecular flexibility index (Phi) is 3.29. The SMILES string of the molecule is O=c1oc2ccc([N+](=O)[O-])cc2n1CC1(O)CCCCC1. The Labute approximate surface area is 119 Å². The molecule has 1 aliphatic carbocycles. The van der Waals surface area contributed by atoms with E-state index in [9.17, 15) is 20.0 Å². The summed E-state index contributed by atoms with van der Waals surface area (Å²) in [5.74, 6) is -0.593. The van der Waals surface area contributed by atoms with Crippen molar-refractivity contribution in [3.8, 4) is 0 Å². The lowest BCUT2D eigenvalue weighted by atomic mass is 9.85. The van der Waals surface area contributed by atoms with E-state index in [1.54, 1.807) is 0 Å². The molecule has 7 nitrogen and oxygen atoms in total. The van der Waals surface area contributed by atoms with Gasteiger partial charge in [0.25, 0.3) is 5.69 Å². The van der Waals surface area contributed by atoms with Crippen molar-refractivity contribution in [2.24, 2.45) is 0 Å². The molecule has 1 aliphatic rings. The van der Waals surface area contributed by atoms with E-state index in [1.807, 2.05) is 0 Å². The number of nitro groups is 1. The number of aromatic nitrogens is 1. The fraction of sp³-hybridized carbons (Fsp3) is 0.500. The predicted molar refractivity (Wildman–Crippen MR) is 75.2 cm³/mol. The van der Waals surface area contributed by atoms with E-state index in [4.69, 9.17) is 4.42 Å². The summed E-state index contributed by atoms with van der Waals surface area (Å²) < 4.78 is 6.39. The van der Waals surface area contributed by atoms with Gasteiger partial charge < -0.3 is 9.52 Å². The summed E-state index contributed by atoms with van der Waals surface area (Å²) in [6, 6.07) is 4.02. The van der Waals surface area contributed by atoms with Crippen LogP contribution in [0, 0.1) is 10.1 Å². The van der Waals surface area contributed by atoms with Gasteiger partial charge in [0.2, 0.25) is 0 Å². The molecule has 0 saturated heterocycles. The van der Waals surface area contributed by atoms with Crippen molar-refractivity contribution in [1.82, 2.24) is 4.57 Å². The average molecular weight is 292 g/mol. The Morgan fingerprint density at radius 1 is 1.33 bits per heavy atom. The Morgan fingerprint density at radius 2 is 2.05 bits per heavy atom. The summed E-state index contributed by atoms with van der Waals surface area (Å²) in [6.07, 6.45) is 4.17. The topological polar surface area (TPSA) is 98.5 Å². The quantitative estimate of drug-likeness (QED) is 0.690. The molecular formula is C14H16N2O5. The molecule has 3 rings (SSSR count). The summed E-state index contributed by atoms with van der Waals surface area (Å²) >= 11 is 0. The van der Waals surface area contributed by atoms with Gasteiger partial charge in [-0.2, -0.15) is 0 Å². The minimum absolute atomic E-state index is 0.104. The van der Waals surface area contributed by atoms with Gasteiger partial charge >= 0.3 is 5.76 Å². The van der Waals surface area contributed by atoms with E-state index in [1.165, 1.54) is 22.8 Å². The first-order chi connectivity index (χ1) is 9.98. The zero-order valence-corrected chi connectivity index (χ0v) is 11.4. The maximum absolute atomic E-state index is 12.0. The maximum atomic E-state index is 12.0. The fourth-order valence-corrected chi connectivity index (χ4v) is 2.98. The third-order valence-electron chi connectivity index (χ3n) is 4.10. The van der Waals surface area contributed by atoms with Crippen LogP contribution in [0.25, 0.3) is 11.1 Å². The van der Waals surface area contributed by atoms with Crippen molar-refractivity contribution in [2.45, 2.75) is 44.2 Å². The number of aliphatic hydroxyl groups is 1. The van der Waals surface area contributed by atoms with Crippen molar-refractivity contribution >= 4 is 16.8 Å². The Balaban J connectivity index is 2.04. The van der Waals surface area contributed by atoms with Crippen LogP contribution in [-0.4, -0.2) is 20.2 Å². The molecule has 0 aliphatic heterocycles. The lowest BCUT2D eigenvalue weighted by Gasteiger charge is -2.31. The molecule has 1 N–H and O–H groups in total. The fourth-order valence-electron chi connectivity index (χ4n) is 2.98. The van der Waals surface area contributed by atoms with E-state index in [0.717, 1.165) is 19.3 Å². The Morgan fingerprint density at radius 3 is 2.71 bits per heavy atom. The van der Waals surface area contributed by atoms with Crippen molar-refractivity contribution in [1.29, 1.82) is 0 Å². The first-order valence-corrected chi connectivity index (χ1v) is 6.99. The number of fused-ring (bicyclic) bond motifs is 1. The number of rotatable bonds is 3. The van der Waals surface area contributed by atoms with Crippen LogP contribution in [0.3, 0.4) is 0 Å². The maximum Gasteiger partial charge on any atom is 0.420 e. The molecule has 7 heteroatoms. The molecule has 1 saturated carbocycles. The highest BCUT2D eigenvalue weighted by molar-refractivity contribution is 5.75. The largest absolute Gasteiger partial charge is 0.420 e. The third-order valence-corrected chi connectivity index (χ3v) is 4.10. The van der Waals surface area contributed by atoms with Gasteiger partial charge in [-0.25, -0.2) is 4.79 Å². The second-order valence-electron chi connectivity index (χ2n) is 5.65. The minimum Gasteiger partial charge on any atom is -0.408 e. The molecule has 1 aromatic carbocycles. The van der Waals surface area contributed by atoms with Gasteiger partial charge in [0.05, 0.1) is 22.6 Å². The summed E-state index contributed by atoms with van der Waals surface area (Å²) in [5, 5.41) is 21.4. The Hall–Kier alpha value is -2.15. The van der Waals surface area contributed by atoms with Gasteiger partial charge in [-0.05, 0) is 18.9 Å². The number of non-ortho nitro benzene ring substituents is 1. The second-order valence-corrected chi connectivity index (χ2v) is 5.65. The molecule has 1 fully saturated rings. The van der Waals surface area contributed by atoms with Crippen molar-refractivity contribution in [3.05, 3.63) is 38.9 Å². The molecule has 1 heterocycles. The zero-order chi connectivity index (χ0) is 15.0. The molecule has 21 heavy (non-hydrogen) atoms. The van der Waals surface area contributed by atoms with Gasteiger partial charge in [0.1, 0.15) is 0 Å². The molecule has 0 atom stereocenters. The van der Waals surface area contributed by atoms with Crippen LogP contribution in [0.15, 0.2) is 27.4 Å². The van der Waals surface area contributed by atoms with Crippen molar-refractivity contribution < 1.29 is 14.4 Å². The van der Waals surface area contributed by atoms with Gasteiger partial charge in [-0.1, -0.05) is 19.3 Å². The first kappa shape index (κ1) is 13.8. The molecule has 2 aromatic rings. The van der Waals surface area contributed by atoms with E-state index < -0.39 is 16.3 Å². The Bertz CT molecular complexity index is 739. The van der Waals surface area contributed by atoms with Crippen molar-refractivity contribution in [3.63, 3.8) is 0 Å².